The second-order valence-electron chi connectivity index (χ2n) is 10.2. The Morgan fingerprint density at radius 2 is 1.88 bits per heavy atom. The Kier molecular flexibility index (Phi) is 3.98. The van der Waals surface area contributed by atoms with E-state index in [9.17, 15) is 14.7 Å². The Morgan fingerprint density at radius 1 is 1.15 bits per heavy atom. The topological polar surface area (TPSA) is 54.4 Å². The number of rotatable bonds is 1. The summed E-state index contributed by atoms with van der Waals surface area (Å²) in [5, 5.41) is 10.6. The molecular formula is C23H32O3. The first-order chi connectivity index (χ1) is 12.2. The summed E-state index contributed by atoms with van der Waals surface area (Å²) in [5.74, 6) is 4.91. The number of carbonyl (C=O) groups excluding carboxylic acids is 2. The zero-order chi connectivity index (χ0) is 18.9. The number of carbonyl (C=O) groups is 2. The minimum atomic E-state index is -1.25. The van der Waals surface area contributed by atoms with Crippen molar-refractivity contribution in [3.8, 4) is 12.3 Å². The number of hydrogen-bond donors (Lipinski definition) is 1. The molecule has 0 spiro atoms. The van der Waals surface area contributed by atoms with Gasteiger partial charge in [-0.05, 0) is 81.0 Å². The number of Topliss-reactive ketones (excluding diaryl/α,β-unsaturated/α-hetero) is 2. The van der Waals surface area contributed by atoms with E-state index in [4.69, 9.17) is 6.42 Å². The molecule has 3 heteroatoms. The average Bonchev–Trinajstić information content (AvgIpc) is 2.94. The number of aliphatic hydroxyl groups is 1. The first kappa shape index (κ1) is 18.2. The van der Waals surface area contributed by atoms with Crippen molar-refractivity contribution in [3.05, 3.63) is 0 Å². The highest BCUT2D eigenvalue weighted by molar-refractivity contribution is 5.88. The lowest BCUT2D eigenvalue weighted by Crippen LogP contribution is -2.59. The maximum absolute atomic E-state index is 13.2. The Morgan fingerprint density at radius 3 is 2.54 bits per heavy atom. The summed E-state index contributed by atoms with van der Waals surface area (Å²) in [6, 6.07) is 0. The van der Waals surface area contributed by atoms with Crippen molar-refractivity contribution in [2.24, 2.45) is 40.4 Å². The van der Waals surface area contributed by atoms with E-state index in [1.807, 2.05) is 0 Å². The quantitative estimate of drug-likeness (QED) is 0.728. The molecule has 4 aliphatic carbocycles. The van der Waals surface area contributed by atoms with Crippen LogP contribution in [0.1, 0.15) is 72.1 Å². The molecule has 8 atom stereocenters. The van der Waals surface area contributed by atoms with E-state index >= 15 is 0 Å². The van der Waals surface area contributed by atoms with E-state index < -0.39 is 5.60 Å². The molecule has 0 saturated heterocycles. The molecule has 0 bridgehead atoms. The van der Waals surface area contributed by atoms with E-state index in [2.05, 4.69) is 19.8 Å². The van der Waals surface area contributed by atoms with Gasteiger partial charge in [0.15, 0.2) is 0 Å². The van der Waals surface area contributed by atoms with Crippen LogP contribution in [-0.4, -0.2) is 22.3 Å². The van der Waals surface area contributed by atoms with Crippen LogP contribution < -0.4 is 0 Å². The fourth-order valence-corrected chi connectivity index (χ4v) is 7.89. The van der Waals surface area contributed by atoms with Crippen LogP contribution in [0.15, 0.2) is 0 Å². The van der Waals surface area contributed by atoms with Gasteiger partial charge in [0.2, 0.25) is 0 Å². The summed E-state index contributed by atoms with van der Waals surface area (Å²) in [6.07, 6.45) is 12.5. The van der Waals surface area contributed by atoms with Gasteiger partial charge in [0.1, 0.15) is 17.2 Å². The van der Waals surface area contributed by atoms with Crippen LogP contribution in [0.25, 0.3) is 0 Å². The van der Waals surface area contributed by atoms with Crippen molar-refractivity contribution in [1.82, 2.24) is 0 Å². The Labute approximate surface area is 157 Å². The Hall–Kier alpha value is -1.14. The molecule has 0 aromatic heterocycles. The number of fused-ring (bicyclic) bond motifs is 5. The van der Waals surface area contributed by atoms with E-state index in [1.165, 1.54) is 0 Å². The van der Waals surface area contributed by atoms with Crippen molar-refractivity contribution < 1.29 is 14.7 Å². The second kappa shape index (κ2) is 5.68. The summed E-state index contributed by atoms with van der Waals surface area (Å²) in [5.41, 5.74) is -1.47. The van der Waals surface area contributed by atoms with Gasteiger partial charge in [-0.3, -0.25) is 9.59 Å². The monoisotopic (exact) mass is 356 g/mol. The molecule has 0 amide bonds. The van der Waals surface area contributed by atoms with Crippen molar-refractivity contribution in [2.45, 2.75) is 77.7 Å². The fourth-order valence-electron chi connectivity index (χ4n) is 7.89. The third-order valence-electron chi connectivity index (χ3n) is 9.30. The molecule has 0 aromatic rings. The zero-order valence-corrected chi connectivity index (χ0v) is 16.4. The molecule has 1 N–H and O–H groups in total. The lowest BCUT2D eigenvalue weighted by molar-refractivity contribution is -0.168. The summed E-state index contributed by atoms with van der Waals surface area (Å²) in [4.78, 5) is 25.4. The molecule has 0 aromatic carbocycles. The summed E-state index contributed by atoms with van der Waals surface area (Å²) in [7, 11) is 0. The summed E-state index contributed by atoms with van der Waals surface area (Å²) in [6.45, 7) is 6.25. The molecular weight excluding hydrogens is 324 g/mol. The summed E-state index contributed by atoms with van der Waals surface area (Å²) < 4.78 is 0. The van der Waals surface area contributed by atoms with Gasteiger partial charge in [-0.2, -0.15) is 0 Å². The molecule has 0 radical (unpaired) electrons. The molecule has 2 unspecified atom stereocenters. The van der Waals surface area contributed by atoms with Gasteiger partial charge < -0.3 is 5.11 Å². The normalized spacial score (nSPS) is 53.2. The maximum atomic E-state index is 13.2. The molecule has 4 saturated carbocycles. The van der Waals surface area contributed by atoms with Crippen molar-refractivity contribution >= 4 is 11.6 Å². The molecule has 3 nitrogen and oxygen atoms in total. The summed E-state index contributed by atoms with van der Waals surface area (Å²) >= 11 is 0. The molecule has 4 rings (SSSR count). The first-order valence-electron chi connectivity index (χ1n) is 10.4. The highest BCUT2D eigenvalue weighted by Gasteiger charge is 2.64. The van der Waals surface area contributed by atoms with Crippen molar-refractivity contribution in [3.63, 3.8) is 0 Å². The van der Waals surface area contributed by atoms with Gasteiger partial charge in [-0.1, -0.05) is 19.8 Å². The minimum Gasteiger partial charge on any atom is -0.377 e. The van der Waals surface area contributed by atoms with Crippen molar-refractivity contribution in [1.29, 1.82) is 0 Å². The van der Waals surface area contributed by atoms with Crippen molar-refractivity contribution in [2.75, 3.05) is 0 Å². The largest absolute Gasteiger partial charge is 0.377 e. The van der Waals surface area contributed by atoms with Crippen LogP contribution >= 0.6 is 0 Å². The third kappa shape index (κ3) is 2.24. The lowest BCUT2D eigenvalue weighted by Gasteiger charge is -2.60. The first-order valence-corrected chi connectivity index (χ1v) is 10.4. The Bertz CT molecular complexity index is 690. The van der Waals surface area contributed by atoms with Crippen LogP contribution in [0.3, 0.4) is 0 Å². The van der Waals surface area contributed by atoms with E-state index in [0.29, 0.717) is 30.0 Å². The fraction of sp³-hybridized carbons (Fsp3) is 0.826. The standard InChI is InChI=1S/C23H32O3/c1-5-23(26)12-15-6-7-16-18-9-8-17(14(2)24)21(18,3)11-10-19(16)22(15,4)20(25)13-23/h1,15-19,26H,6-13H2,2-4H3/t15?,16-,17+,18-,19-,21+,22-,23?/m0/s1. The average molecular weight is 357 g/mol. The van der Waals surface area contributed by atoms with Crippen LogP contribution in [-0.2, 0) is 9.59 Å². The van der Waals surface area contributed by atoms with Gasteiger partial charge >= 0.3 is 0 Å². The number of ketones is 2. The van der Waals surface area contributed by atoms with E-state index in [0.717, 1.165) is 38.5 Å². The maximum Gasteiger partial charge on any atom is 0.143 e. The van der Waals surface area contributed by atoms with Gasteiger partial charge in [0.25, 0.3) is 0 Å². The third-order valence-corrected chi connectivity index (χ3v) is 9.30. The zero-order valence-electron chi connectivity index (χ0n) is 16.4. The number of hydrogen-bond acceptors (Lipinski definition) is 3. The smallest absolute Gasteiger partial charge is 0.143 e. The van der Waals surface area contributed by atoms with E-state index in [1.54, 1.807) is 6.92 Å². The molecule has 26 heavy (non-hydrogen) atoms. The van der Waals surface area contributed by atoms with Crippen LogP contribution in [0.4, 0.5) is 0 Å². The number of terminal acetylenes is 1. The predicted molar refractivity (Wildman–Crippen MR) is 100 cm³/mol. The van der Waals surface area contributed by atoms with Gasteiger partial charge in [-0.25, -0.2) is 0 Å². The second-order valence-corrected chi connectivity index (χ2v) is 10.2. The molecule has 4 aliphatic rings. The van der Waals surface area contributed by atoms with Crippen LogP contribution in [0.5, 0.6) is 0 Å². The van der Waals surface area contributed by atoms with Crippen LogP contribution in [0.2, 0.25) is 0 Å². The van der Waals surface area contributed by atoms with Crippen LogP contribution in [0, 0.1) is 52.8 Å². The highest BCUT2D eigenvalue weighted by Crippen LogP contribution is 2.67. The molecule has 0 aliphatic heterocycles. The Balaban J connectivity index is 1.66. The highest BCUT2D eigenvalue weighted by atomic mass is 16.3. The minimum absolute atomic E-state index is 0.109. The predicted octanol–water partition coefficient (Wildman–Crippen LogP) is 3.78. The molecule has 0 heterocycles. The molecule has 4 fully saturated rings. The van der Waals surface area contributed by atoms with Gasteiger partial charge in [0, 0.05) is 17.8 Å². The SMILES string of the molecule is C#CC1(O)CC(=O)[C@@]2(C)C(CC[C@H]3[C@@H]4CC[C@H](C(C)=O)[C@@]4(C)CC[C@@H]32)C1. The van der Waals surface area contributed by atoms with E-state index in [-0.39, 0.29) is 34.9 Å². The van der Waals surface area contributed by atoms with Gasteiger partial charge in [0.05, 0.1) is 0 Å². The van der Waals surface area contributed by atoms with Gasteiger partial charge in [-0.15, -0.1) is 6.42 Å². The lowest BCUT2D eigenvalue weighted by atomic mass is 9.43. The molecule has 142 valence electrons.